The minimum Gasteiger partial charge on any atom is -0.495 e. The average molecular weight is 487 g/mol. The summed E-state index contributed by atoms with van der Waals surface area (Å²) in [5.41, 5.74) is 2.04. The van der Waals surface area contributed by atoms with Gasteiger partial charge in [0.1, 0.15) is 17.3 Å². The quantitative estimate of drug-likeness (QED) is 0.452. The molecule has 9 heteroatoms. The molecule has 4 rings (SSSR count). The Labute approximate surface area is 202 Å². The highest BCUT2D eigenvalue weighted by atomic mass is 35.5. The van der Waals surface area contributed by atoms with Crippen LogP contribution in [0.4, 0.5) is 11.4 Å². The van der Waals surface area contributed by atoms with E-state index in [9.17, 15) is 5.26 Å². The zero-order chi connectivity index (χ0) is 23.4. The third-order valence-corrected chi connectivity index (χ3v) is 6.32. The molecule has 2 heterocycles. The Morgan fingerprint density at radius 2 is 1.91 bits per heavy atom. The number of hydrogen-bond donors (Lipinski definition) is 2. The number of methoxy groups -OCH3 is 2. The van der Waals surface area contributed by atoms with Crippen LogP contribution in [0.2, 0.25) is 10.0 Å². The van der Waals surface area contributed by atoms with Gasteiger partial charge in [-0.1, -0.05) is 23.2 Å². The lowest BCUT2D eigenvalue weighted by atomic mass is 9.99. The lowest BCUT2D eigenvalue weighted by molar-refractivity contribution is 0.209. The molecule has 0 atom stereocenters. The molecule has 33 heavy (non-hydrogen) atoms. The molecule has 0 bridgehead atoms. The van der Waals surface area contributed by atoms with E-state index in [4.69, 9.17) is 37.4 Å². The molecule has 0 saturated carbocycles. The Hall–Kier alpha value is -2.92. The number of benzene rings is 2. The Balaban J connectivity index is 1.73. The Morgan fingerprint density at radius 3 is 2.61 bits per heavy atom. The van der Waals surface area contributed by atoms with E-state index in [2.05, 4.69) is 21.7 Å². The fourth-order valence-corrected chi connectivity index (χ4v) is 4.43. The first-order valence-electron chi connectivity index (χ1n) is 10.6. The van der Waals surface area contributed by atoms with Gasteiger partial charge in [0.25, 0.3) is 0 Å². The van der Waals surface area contributed by atoms with Crippen LogP contribution in [0.15, 0.2) is 30.5 Å². The molecular weight excluding hydrogens is 463 g/mol. The van der Waals surface area contributed by atoms with Gasteiger partial charge >= 0.3 is 0 Å². The number of nitrogens with zero attached hydrogens (tertiary/aromatic N) is 2. The van der Waals surface area contributed by atoms with Crippen molar-refractivity contribution in [1.82, 2.24) is 10.3 Å². The van der Waals surface area contributed by atoms with E-state index in [0.717, 1.165) is 25.9 Å². The minimum absolute atomic E-state index is 0.359. The largest absolute Gasteiger partial charge is 0.495 e. The molecule has 1 saturated heterocycles. The highest BCUT2D eigenvalue weighted by Crippen LogP contribution is 2.41. The molecule has 0 radical (unpaired) electrons. The number of aromatic nitrogens is 1. The SMILES string of the molecule is COc1cc(Nc2c(C#N)cnc3c(OC)c(OCC4CCNCC4)ccc23)c(Cl)cc1Cl. The molecule has 2 aromatic carbocycles. The molecular formula is C24H24Cl2N4O3. The molecule has 0 amide bonds. The smallest absolute Gasteiger partial charge is 0.187 e. The Kier molecular flexibility index (Phi) is 7.29. The van der Waals surface area contributed by atoms with Gasteiger partial charge in [-0.15, -0.1) is 0 Å². The molecule has 7 nitrogen and oxygen atoms in total. The third kappa shape index (κ3) is 4.88. The molecule has 0 aliphatic carbocycles. The van der Waals surface area contributed by atoms with Gasteiger partial charge in [0.15, 0.2) is 11.5 Å². The average Bonchev–Trinajstić information content (AvgIpc) is 2.84. The summed E-state index contributed by atoms with van der Waals surface area (Å²) in [6.07, 6.45) is 3.67. The predicted octanol–water partition coefficient (Wildman–Crippen LogP) is 5.55. The molecule has 0 spiro atoms. The van der Waals surface area contributed by atoms with Gasteiger partial charge in [-0.2, -0.15) is 5.26 Å². The molecule has 2 N–H and O–H groups in total. The highest BCUT2D eigenvalue weighted by Gasteiger charge is 2.20. The topological polar surface area (TPSA) is 88.4 Å². The summed E-state index contributed by atoms with van der Waals surface area (Å²) >= 11 is 12.6. The van der Waals surface area contributed by atoms with Crippen LogP contribution < -0.4 is 24.8 Å². The molecule has 1 aromatic heterocycles. The van der Waals surface area contributed by atoms with Crippen molar-refractivity contribution in [2.24, 2.45) is 5.92 Å². The fourth-order valence-electron chi connectivity index (χ4n) is 3.92. The number of ether oxygens (including phenoxy) is 3. The number of hydrogen-bond acceptors (Lipinski definition) is 7. The van der Waals surface area contributed by atoms with Crippen molar-refractivity contribution in [3.05, 3.63) is 46.1 Å². The van der Waals surface area contributed by atoms with Gasteiger partial charge in [0, 0.05) is 17.6 Å². The van der Waals surface area contributed by atoms with Crippen molar-refractivity contribution in [3.63, 3.8) is 0 Å². The van der Waals surface area contributed by atoms with E-state index in [1.807, 2.05) is 12.1 Å². The number of rotatable bonds is 7. The Bertz CT molecular complexity index is 1210. The lowest BCUT2D eigenvalue weighted by Crippen LogP contribution is -2.30. The van der Waals surface area contributed by atoms with Crippen molar-refractivity contribution in [2.45, 2.75) is 12.8 Å². The molecule has 1 aliphatic heterocycles. The molecule has 1 aliphatic rings. The zero-order valence-corrected chi connectivity index (χ0v) is 19.9. The summed E-state index contributed by atoms with van der Waals surface area (Å²) in [5, 5.41) is 17.8. The number of pyridine rings is 1. The van der Waals surface area contributed by atoms with E-state index in [-0.39, 0.29) is 0 Å². The van der Waals surface area contributed by atoms with Crippen LogP contribution >= 0.6 is 23.2 Å². The summed E-state index contributed by atoms with van der Waals surface area (Å²) in [5.74, 6) is 2.11. The third-order valence-electron chi connectivity index (χ3n) is 5.72. The predicted molar refractivity (Wildman–Crippen MR) is 130 cm³/mol. The lowest BCUT2D eigenvalue weighted by Gasteiger charge is -2.23. The normalized spacial score (nSPS) is 14.0. The van der Waals surface area contributed by atoms with E-state index in [1.54, 1.807) is 19.2 Å². The summed E-state index contributed by atoms with van der Waals surface area (Å²) in [6, 6.07) is 9.18. The number of nitrogens with one attached hydrogen (secondary N) is 2. The van der Waals surface area contributed by atoms with Crippen molar-refractivity contribution >= 4 is 45.5 Å². The maximum Gasteiger partial charge on any atom is 0.187 e. The number of anilines is 2. The van der Waals surface area contributed by atoms with Crippen LogP contribution in [0, 0.1) is 17.2 Å². The summed E-state index contributed by atoms with van der Waals surface area (Å²) in [6.45, 7) is 2.63. The zero-order valence-electron chi connectivity index (χ0n) is 18.4. The van der Waals surface area contributed by atoms with Crippen LogP contribution in [-0.2, 0) is 0 Å². The minimum atomic E-state index is 0.359. The second-order valence-corrected chi connectivity index (χ2v) is 8.56. The summed E-state index contributed by atoms with van der Waals surface area (Å²) in [4.78, 5) is 4.49. The maximum atomic E-state index is 9.71. The number of piperidine rings is 1. The monoisotopic (exact) mass is 486 g/mol. The van der Waals surface area contributed by atoms with Crippen molar-refractivity contribution in [3.8, 4) is 23.3 Å². The first-order chi connectivity index (χ1) is 16.0. The number of nitriles is 1. The van der Waals surface area contributed by atoms with Gasteiger partial charge in [-0.25, -0.2) is 0 Å². The number of halogens is 2. The Morgan fingerprint density at radius 1 is 1.12 bits per heavy atom. The van der Waals surface area contributed by atoms with Crippen molar-refractivity contribution in [1.29, 1.82) is 5.26 Å². The summed E-state index contributed by atoms with van der Waals surface area (Å²) in [7, 11) is 3.11. The first-order valence-corrected chi connectivity index (χ1v) is 11.3. The van der Waals surface area contributed by atoms with E-state index in [1.165, 1.54) is 13.3 Å². The molecule has 3 aromatic rings. The number of fused-ring (bicyclic) bond motifs is 1. The van der Waals surface area contributed by atoms with Crippen LogP contribution in [-0.4, -0.2) is 38.9 Å². The standard InChI is InChI=1S/C24H24Cl2N4O3/c1-31-21-10-19(17(25)9-18(21)26)30-22-15(11-27)12-29-23-16(22)3-4-20(24(23)32-2)33-13-14-5-7-28-8-6-14/h3-4,9-10,12,14,28H,5-8,13H2,1-2H3,(H,29,30). The van der Waals surface area contributed by atoms with Gasteiger partial charge in [-0.3, -0.25) is 4.98 Å². The van der Waals surface area contributed by atoms with Gasteiger partial charge in [0.05, 0.1) is 47.8 Å². The molecule has 172 valence electrons. The van der Waals surface area contributed by atoms with E-state index >= 15 is 0 Å². The van der Waals surface area contributed by atoms with Gasteiger partial charge in [0.2, 0.25) is 0 Å². The maximum absolute atomic E-state index is 9.71. The van der Waals surface area contributed by atoms with Crippen LogP contribution in [0.5, 0.6) is 17.2 Å². The summed E-state index contributed by atoms with van der Waals surface area (Å²) < 4.78 is 17.1. The van der Waals surface area contributed by atoms with Crippen LogP contribution in [0.1, 0.15) is 18.4 Å². The van der Waals surface area contributed by atoms with Crippen molar-refractivity contribution in [2.75, 3.05) is 39.2 Å². The fraction of sp³-hybridized carbons (Fsp3) is 0.333. The van der Waals surface area contributed by atoms with Gasteiger partial charge in [-0.05, 0) is 50.0 Å². The van der Waals surface area contributed by atoms with E-state index in [0.29, 0.717) is 67.7 Å². The second kappa shape index (κ2) is 10.3. The highest BCUT2D eigenvalue weighted by molar-refractivity contribution is 6.37. The van der Waals surface area contributed by atoms with Crippen molar-refractivity contribution < 1.29 is 14.2 Å². The first kappa shape index (κ1) is 23.2. The van der Waals surface area contributed by atoms with Crippen LogP contribution in [0.25, 0.3) is 10.9 Å². The van der Waals surface area contributed by atoms with Crippen LogP contribution in [0.3, 0.4) is 0 Å². The molecule has 0 unspecified atom stereocenters. The van der Waals surface area contributed by atoms with E-state index < -0.39 is 0 Å². The van der Waals surface area contributed by atoms with Gasteiger partial charge < -0.3 is 24.8 Å². The molecule has 1 fully saturated rings. The second-order valence-electron chi connectivity index (χ2n) is 7.75.